The van der Waals surface area contributed by atoms with Crippen molar-refractivity contribution in [3.05, 3.63) is 21.7 Å². The number of likely N-dealkylation sites (N-methyl/N-ethyl adjacent to an activating group) is 1. The third kappa shape index (κ3) is 4.95. The van der Waals surface area contributed by atoms with E-state index >= 15 is 0 Å². The first-order valence-electron chi connectivity index (χ1n) is 7.40. The van der Waals surface area contributed by atoms with Crippen molar-refractivity contribution in [3.63, 3.8) is 0 Å². The van der Waals surface area contributed by atoms with E-state index in [1.54, 1.807) is 18.8 Å². The molecule has 2 rings (SSSR count). The second kappa shape index (κ2) is 8.51. The van der Waals surface area contributed by atoms with Crippen LogP contribution >= 0.6 is 23.1 Å². The molecule has 0 atom stereocenters. The van der Waals surface area contributed by atoms with Gasteiger partial charge in [0.25, 0.3) is 10.0 Å². The van der Waals surface area contributed by atoms with Gasteiger partial charge in [-0.25, -0.2) is 4.98 Å². The number of thioether (sulfide) groups is 1. The Morgan fingerprint density at radius 2 is 2.19 bits per heavy atom. The number of anilines is 1. The van der Waals surface area contributed by atoms with E-state index in [1.807, 2.05) is 5.38 Å². The average Bonchev–Trinajstić information content (AvgIpc) is 3.07. The summed E-state index contributed by atoms with van der Waals surface area (Å²) in [4.78, 5) is 15.5. The first kappa shape index (κ1) is 20.2. The summed E-state index contributed by atoms with van der Waals surface area (Å²) in [5, 5.41) is 17.9. The van der Waals surface area contributed by atoms with Gasteiger partial charge in [-0.2, -0.15) is 20.2 Å². The first-order chi connectivity index (χ1) is 12.2. The average molecular weight is 418 g/mol. The highest BCUT2D eigenvalue weighted by molar-refractivity contribution is 7.98. The van der Waals surface area contributed by atoms with Gasteiger partial charge >= 0.3 is 0 Å². The molecule has 0 amide bonds. The van der Waals surface area contributed by atoms with Gasteiger partial charge in [-0.3, -0.25) is 10.2 Å². The molecule has 6 N–H and O–H groups in total. The molecule has 0 unspecified atom stereocenters. The van der Waals surface area contributed by atoms with Crippen LogP contribution in [-0.4, -0.2) is 50.3 Å². The molecule has 13 heteroatoms. The summed E-state index contributed by atoms with van der Waals surface area (Å²) in [6.07, 6.45) is 0. The Kier molecular flexibility index (Phi) is 6.61. The normalized spacial score (nSPS) is 15.5. The SMILES string of the molecule is CNC1=C(C(C)=O)S(=O)(=O)N=C1NCCSCc1csc(NC(=N)N)n1. The van der Waals surface area contributed by atoms with Gasteiger partial charge < -0.3 is 21.7 Å². The number of allylic oxidation sites excluding steroid dienone is 1. The highest BCUT2D eigenvalue weighted by Gasteiger charge is 2.34. The maximum atomic E-state index is 11.9. The van der Waals surface area contributed by atoms with Gasteiger partial charge in [0.05, 0.1) is 5.69 Å². The van der Waals surface area contributed by atoms with Gasteiger partial charge in [0, 0.05) is 37.4 Å². The first-order valence-corrected chi connectivity index (χ1v) is 10.9. The van der Waals surface area contributed by atoms with Gasteiger partial charge in [-0.15, -0.1) is 15.7 Å². The molecule has 0 aliphatic carbocycles. The molecule has 1 aliphatic rings. The van der Waals surface area contributed by atoms with Crippen LogP contribution in [0.2, 0.25) is 0 Å². The molecule has 26 heavy (non-hydrogen) atoms. The minimum Gasteiger partial charge on any atom is -0.384 e. The highest BCUT2D eigenvalue weighted by Crippen LogP contribution is 2.22. The summed E-state index contributed by atoms with van der Waals surface area (Å²) >= 11 is 2.96. The van der Waals surface area contributed by atoms with Crippen molar-refractivity contribution in [2.75, 3.05) is 24.7 Å². The summed E-state index contributed by atoms with van der Waals surface area (Å²) < 4.78 is 27.5. The zero-order valence-electron chi connectivity index (χ0n) is 14.1. The zero-order valence-corrected chi connectivity index (χ0v) is 16.6. The van der Waals surface area contributed by atoms with Crippen LogP contribution in [0.1, 0.15) is 12.6 Å². The Morgan fingerprint density at radius 1 is 1.46 bits per heavy atom. The molecule has 0 saturated carbocycles. The number of nitrogens with zero attached hydrogens (tertiary/aromatic N) is 2. The number of carbonyl (C=O) groups excluding carboxylic acids is 1. The molecule has 0 spiro atoms. The number of sulfonamides is 1. The summed E-state index contributed by atoms with van der Waals surface area (Å²) in [6, 6.07) is 0. The number of hydrogen-bond donors (Lipinski definition) is 5. The van der Waals surface area contributed by atoms with E-state index in [-0.39, 0.29) is 22.4 Å². The molecule has 0 bridgehead atoms. The Balaban J connectivity index is 1.84. The number of hydrogen-bond acceptors (Lipinski definition) is 9. The van der Waals surface area contributed by atoms with E-state index in [1.165, 1.54) is 18.3 Å². The highest BCUT2D eigenvalue weighted by atomic mass is 32.2. The largest absolute Gasteiger partial charge is 0.384 e. The van der Waals surface area contributed by atoms with Gasteiger partial charge in [-0.05, 0) is 0 Å². The molecular weight excluding hydrogens is 398 g/mol. The molecule has 1 aromatic heterocycles. The number of nitrogens with one attached hydrogen (secondary N) is 4. The van der Waals surface area contributed by atoms with E-state index in [0.717, 1.165) is 5.69 Å². The number of ketones is 1. The molecule has 1 aromatic rings. The smallest absolute Gasteiger partial charge is 0.290 e. The number of thiazole rings is 1. The summed E-state index contributed by atoms with van der Waals surface area (Å²) in [5.74, 6) is 0.782. The Bertz CT molecular complexity index is 873. The van der Waals surface area contributed by atoms with Crippen molar-refractivity contribution in [2.45, 2.75) is 12.7 Å². The third-order valence-electron chi connectivity index (χ3n) is 3.09. The molecule has 0 radical (unpaired) electrons. The number of nitrogens with two attached hydrogens (primary N) is 1. The molecule has 1 aliphatic heterocycles. The quantitative estimate of drug-likeness (QED) is 0.223. The van der Waals surface area contributed by atoms with E-state index < -0.39 is 15.8 Å². The minimum atomic E-state index is -3.95. The molecule has 10 nitrogen and oxygen atoms in total. The lowest BCUT2D eigenvalue weighted by Crippen LogP contribution is -2.31. The van der Waals surface area contributed by atoms with Gasteiger partial charge in [0.15, 0.2) is 27.6 Å². The number of carbonyl (C=O) groups is 1. The molecule has 0 saturated heterocycles. The van der Waals surface area contributed by atoms with Crippen LogP contribution in [-0.2, 0) is 20.6 Å². The van der Waals surface area contributed by atoms with Crippen molar-refractivity contribution < 1.29 is 13.2 Å². The fourth-order valence-corrected chi connectivity index (χ4v) is 5.01. The topological polar surface area (TPSA) is 162 Å². The molecular formula is C13H19N7O3S3. The number of Topliss-reactive ketones (excluding diaryl/α,β-unsaturated/α-hetero) is 1. The van der Waals surface area contributed by atoms with E-state index in [9.17, 15) is 13.2 Å². The molecule has 2 heterocycles. The number of rotatable bonds is 8. The lowest BCUT2D eigenvalue weighted by atomic mass is 10.3. The Morgan fingerprint density at radius 3 is 2.81 bits per heavy atom. The van der Waals surface area contributed by atoms with Gasteiger partial charge in [0.1, 0.15) is 5.70 Å². The lowest BCUT2D eigenvalue weighted by molar-refractivity contribution is -0.113. The Hall–Kier alpha value is -2.12. The molecule has 0 aromatic carbocycles. The molecule has 142 valence electrons. The standard InChI is InChI=1S/C13H19N7O3S3/c1-7(21)10-9(16-2)11(20-26(10,22)23)17-3-4-24-5-8-6-25-13(18-8)19-12(14)15/h6,16H,3-5H2,1-2H3,(H,17,20)(H4,14,15,18,19). The van der Waals surface area contributed by atoms with Crippen LogP contribution in [0.4, 0.5) is 5.13 Å². The number of amidine groups is 1. The maximum Gasteiger partial charge on any atom is 0.290 e. The van der Waals surface area contributed by atoms with Crippen LogP contribution < -0.4 is 21.7 Å². The monoisotopic (exact) mass is 417 g/mol. The van der Waals surface area contributed by atoms with E-state index in [4.69, 9.17) is 11.1 Å². The molecule has 0 fully saturated rings. The second-order valence-electron chi connectivity index (χ2n) is 5.09. The second-order valence-corrected chi connectivity index (χ2v) is 8.59. The fraction of sp³-hybridized carbons (Fsp3) is 0.385. The van der Waals surface area contributed by atoms with Crippen LogP contribution in [0.5, 0.6) is 0 Å². The predicted octanol–water partition coefficient (Wildman–Crippen LogP) is 0.0332. The number of guanidine groups is 1. The van der Waals surface area contributed by atoms with Gasteiger partial charge in [-0.1, -0.05) is 0 Å². The Labute approximate surface area is 159 Å². The zero-order chi connectivity index (χ0) is 19.3. The van der Waals surface area contributed by atoms with Crippen LogP contribution in [0.15, 0.2) is 20.4 Å². The van der Waals surface area contributed by atoms with Crippen molar-refractivity contribution in [1.29, 1.82) is 5.41 Å². The van der Waals surface area contributed by atoms with Crippen molar-refractivity contribution >= 4 is 55.8 Å². The van der Waals surface area contributed by atoms with E-state index in [0.29, 0.717) is 23.2 Å². The lowest BCUT2D eigenvalue weighted by Gasteiger charge is -2.08. The van der Waals surface area contributed by atoms with Gasteiger partial charge in [0.2, 0.25) is 0 Å². The van der Waals surface area contributed by atoms with E-state index in [2.05, 4.69) is 25.3 Å². The van der Waals surface area contributed by atoms with Crippen molar-refractivity contribution in [3.8, 4) is 0 Å². The van der Waals surface area contributed by atoms with Crippen LogP contribution in [0, 0.1) is 5.41 Å². The minimum absolute atomic E-state index is 0.153. The van der Waals surface area contributed by atoms with Crippen LogP contribution in [0.3, 0.4) is 0 Å². The fourth-order valence-electron chi connectivity index (χ4n) is 2.12. The summed E-state index contributed by atoms with van der Waals surface area (Å²) in [7, 11) is -2.40. The van der Waals surface area contributed by atoms with Crippen LogP contribution in [0.25, 0.3) is 0 Å². The summed E-state index contributed by atoms with van der Waals surface area (Å²) in [5.41, 5.74) is 6.30. The summed E-state index contributed by atoms with van der Waals surface area (Å²) in [6.45, 7) is 1.67. The predicted molar refractivity (Wildman–Crippen MR) is 105 cm³/mol. The maximum absolute atomic E-state index is 11.9. The van der Waals surface area contributed by atoms with Crippen molar-refractivity contribution in [2.24, 2.45) is 10.1 Å². The van der Waals surface area contributed by atoms with Crippen molar-refractivity contribution in [1.82, 2.24) is 15.6 Å². The third-order valence-corrected chi connectivity index (χ3v) is 6.31. The number of aromatic nitrogens is 1.